The Balaban J connectivity index is 1.54. The van der Waals surface area contributed by atoms with Gasteiger partial charge in [-0.1, -0.05) is 0 Å². The van der Waals surface area contributed by atoms with Crippen LogP contribution in [0.15, 0.2) is 18.2 Å². The summed E-state index contributed by atoms with van der Waals surface area (Å²) in [4.78, 5) is 22.1. The summed E-state index contributed by atoms with van der Waals surface area (Å²) in [6.07, 6.45) is 3.55. The number of anilines is 1. The molecule has 2 aromatic rings. The van der Waals surface area contributed by atoms with Crippen LogP contribution in [0.5, 0.6) is 0 Å². The Hall–Kier alpha value is -1.46. The van der Waals surface area contributed by atoms with E-state index >= 15 is 0 Å². The summed E-state index contributed by atoms with van der Waals surface area (Å²) in [5.41, 5.74) is 0.479. The molecule has 0 N–H and O–H groups in total. The van der Waals surface area contributed by atoms with Gasteiger partial charge in [0.15, 0.2) is 6.29 Å². The lowest BCUT2D eigenvalue weighted by molar-refractivity contribution is 0.0779. The van der Waals surface area contributed by atoms with Gasteiger partial charge in [-0.05, 0) is 44.6 Å². The van der Waals surface area contributed by atoms with Crippen molar-refractivity contribution in [3.63, 3.8) is 0 Å². The number of carbonyl (C=O) groups excluding carboxylic acids is 1. The second kappa shape index (κ2) is 4.78. The van der Waals surface area contributed by atoms with E-state index in [0.717, 1.165) is 40.3 Å². The van der Waals surface area contributed by atoms with Gasteiger partial charge in [0.2, 0.25) is 0 Å². The summed E-state index contributed by atoms with van der Waals surface area (Å²) in [5.74, 6) is 1.06. The minimum atomic E-state index is 0.479. The molecule has 0 bridgehead atoms. The highest BCUT2D eigenvalue weighted by atomic mass is 32.1. The number of rotatable bonds is 2. The molecule has 5 heteroatoms. The van der Waals surface area contributed by atoms with Crippen molar-refractivity contribution >= 4 is 33.7 Å². The van der Waals surface area contributed by atoms with E-state index in [2.05, 4.69) is 29.0 Å². The summed E-state index contributed by atoms with van der Waals surface area (Å²) >= 11 is 1.48. The average molecular weight is 301 g/mol. The molecular weight excluding hydrogens is 282 g/mol. The Bertz CT molecular complexity index is 690. The largest absolute Gasteiger partial charge is 0.355 e. The summed E-state index contributed by atoms with van der Waals surface area (Å²) in [5, 5.41) is 1.07. The van der Waals surface area contributed by atoms with Gasteiger partial charge in [-0.3, -0.25) is 4.79 Å². The first-order valence-corrected chi connectivity index (χ1v) is 8.28. The number of thiophene rings is 1. The highest BCUT2D eigenvalue weighted by Gasteiger charge is 2.45. The van der Waals surface area contributed by atoms with Crippen LogP contribution in [0.3, 0.4) is 0 Å². The second-order valence-corrected chi connectivity index (χ2v) is 7.59. The van der Waals surface area contributed by atoms with Gasteiger partial charge in [-0.15, -0.1) is 11.3 Å². The number of nitrogens with zero attached hydrogens (tertiary/aromatic N) is 3. The van der Waals surface area contributed by atoms with Crippen molar-refractivity contribution < 1.29 is 4.79 Å². The van der Waals surface area contributed by atoms with Crippen molar-refractivity contribution in [1.29, 1.82) is 0 Å². The Labute approximate surface area is 128 Å². The van der Waals surface area contributed by atoms with E-state index in [9.17, 15) is 4.79 Å². The van der Waals surface area contributed by atoms with Crippen LogP contribution < -0.4 is 4.90 Å². The monoisotopic (exact) mass is 301 g/mol. The Morgan fingerprint density at radius 3 is 2.95 bits per heavy atom. The molecule has 0 amide bonds. The van der Waals surface area contributed by atoms with Gasteiger partial charge in [-0.2, -0.15) is 0 Å². The third kappa shape index (κ3) is 2.24. The van der Waals surface area contributed by atoms with Crippen molar-refractivity contribution in [2.75, 3.05) is 38.1 Å². The second-order valence-electron chi connectivity index (χ2n) is 6.53. The van der Waals surface area contributed by atoms with Gasteiger partial charge in [0.1, 0.15) is 10.6 Å². The summed E-state index contributed by atoms with van der Waals surface area (Å²) in [6, 6.07) is 6.08. The molecule has 1 spiro atoms. The first-order chi connectivity index (χ1) is 10.2. The highest BCUT2D eigenvalue weighted by Crippen LogP contribution is 2.41. The molecule has 0 unspecified atom stereocenters. The number of aldehydes is 1. The molecule has 21 heavy (non-hydrogen) atoms. The smallest absolute Gasteiger partial charge is 0.160 e. The van der Waals surface area contributed by atoms with Gasteiger partial charge in [0.25, 0.3) is 0 Å². The van der Waals surface area contributed by atoms with Crippen LogP contribution in [0.4, 0.5) is 5.82 Å². The van der Waals surface area contributed by atoms with Crippen molar-refractivity contribution in [3.05, 3.63) is 23.1 Å². The number of hydrogen-bond donors (Lipinski definition) is 0. The first-order valence-electron chi connectivity index (χ1n) is 7.47. The molecule has 2 aromatic heterocycles. The number of fused-ring (bicyclic) bond motifs is 1. The van der Waals surface area contributed by atoms with E-state index in [4.69, 9.17) is 4.98 Å². The molecule has 4 rings (SSSR count). The van der Waals surface area contributed by atoms with E-state index in [-0.39, 0.29) is 0 Å². The van der Waals surface area contributed by atoms with Crippen molar-refractivity contribution in [1.82, 2.24) is 9.88 Å². The third-order valence-electron chi connectivity index (χ3n) is 4.73. The maximum absolute atomic E-state index is 10.9. The van der Waals surface area contributed by atoms with Crippen LogP contribution in [0.2, 0.25) is 0 Å². The Kier molecular flexibility index (Phi) is 3.01. The number of likely N-dealkylation sites (tertiary alicyclic amines) is 1. The van der Waals surface area contributed by atoms with E-state index in [1.807, 2.05) is 6.07 Å². The number of carbonyl (C=O) groups is 1. The van der Waals surface area contributed by atoms with Crippen molar-refractivity contribution in [2.24, 2.45) is 5.41 Å². The average Bonchev–Trinajstić information content (AvgIpc) is 2.86. The van der Waals surface area contributed by atoms with Gasteiger partial charge < -0.3 is 9.80 Å². The van der Waals surface area contributed by atoms with Gasteiger partial charge >= 0.3 is 0 Å². The Morgan fingerprint density at radius 2 is 2.19 bits per heavy atom. The third-order valence-corrected chi connectivity index (χ3v) is 5.70. The predicted octanol–water partition coefficient (Wildman–Crippen LogP) is 2.64. The van der Waals surface area contributed by atoms with Gasteiger partial charge in [0.05, 0.1) is 4.88 Å². The maximum atomic E-state index is 10.9. The molecule has 4 nitrogen and oxygen atoms in total. The molecule has 0 aromatic carbocycles. The van der Waals surface area contributed by atoms with E-state index in [1.165, 1.54) is 37.3 Å². The number of aromatic nitrogens is 1. The fraction of sp³-hybridized carbons (Fsp3) is 0.500. The Morgan fingerprint density at radius 1 is 1.33 bits per heavy atom. The van der Waals surface area contributed by atoms with Gasteiger partial charge in [-0.25, -0.2) is 4.98 Å². The molecule has 0 radical (unpaired) electrons. The van der Waals surface area contributed by atoms with Crippen molar-refractivity contribution in [3.8, 4) is 0 Å². The molecule has 4 heterocycles. The van der Waals surface area contributed by atoms with Crippen LogP contribution in [-0.2, 0) is 0 Å². The molecule has 2 saturated heterocycles. The zero-order valence-corrected chi connectivity index (χ0v) is 13.0. The van der Waals surface area contributed by atoms with Crippen molar-refractivity contribution in [2.45, 2.75) is 12.8 Å². The zero-order chi connectivity index (χ0) is 14.4. The molecule has 110 valence electrons. The molecule has 2 aliphatic heterocycles. The standard InChI is InChI=1S/C16H19N3OS/c1-18-6-2-5-16(9-18)10-19(11-16)14-4-3-12-7-13(8-20)21-15(12)17-14/h3-4,7-8H,2,5-6,9-11H2,1H3. The fourth-order valence-electron chi connectivity index (χ4n) is 3.80. The SMILES string of the molecule is CN1CCCC2(C1)CN(c1ccc3cc(C=O)sc3n1)C2. The summed E-state index contributed by atoms with van der Waals surface area (Å²) in [7, 11) is 2.22. The van der Waals surface area contributed by atoms with E-state index < -0.39 is 0 Å². The van der Waals surface area contributed by atoms with E-state index in [0.29, 0.717) is 5.41 Å². The van der Waals surface area contributed by atoms with Crippen LogP contribution in [0, 0.1) is 5.41 Å². The molecule has 0 aliphatic carbocycles. The topological polar surface area (TPSA) is 36.4 Å². The van der Waals surface area contributed by atoms with Crippen LogP contribution in [0.25, 0.3) is 10.2 Å². The minimum Gasteiger partial charge on any atom is -0.355 e. The quantitative estimate of drug-likeness (QED) is 0.799. The number of pyridine rings is 1. The summed E-state index contributed by atoms with van der Waals surface area (Å²) < 4.78 is 0. The number of hydrogen-bond acceptors (Lipinski definition) is 5. The lowest BCUT2D eigenvalue weighted by Crippen LogP contribution is -2.62. The molecule has 0 saturated carbocycles. The molecule has 2 aliphatic rings. The van der Waals surface area contributed by atoms with Crippen LogP contribution >= 0.6 is 11.3 Å². The fourth-order valence-corrected chi connectivity index (χ4v) is 4.64. The normalized spacial score (nSPS) is 21.7. The minimum absolute atomic E-state index is 0.479. The lowest BCUT2D eigenvalue weighted by atomic mass is 9.73. The zero-order valence-electron chi connectivity index (χ0n) is 12.2. The highest BCUT2D eigenvalue weighted by molar-refractivity contribution is 7.20. The van der Waals surface area contributed by atoms with E-state index in [1.54, 1.807) is 0 Å². The van der Waals surface area contributed by atoms with Gasteiger partial charge in [0, 0.05) is 30.4 Å². The maximum Gasteiger partial charge on any atom is 0.160 e. The predicted molar refractivity (Wildman–Crippen MR) is 86.4 cm³/mol. The van der Waals surface area contributed by atoms with Crippen LogP contribution in [-0.4, -0.2) is 49.4 Å². The lowest BCUT2D eigenvalue weighted by Gasteiger charge is -2.54. The molecule has 2 fully saturated rings. The molecular formula is C16H19N3OS. The van der Waals surface area contributed by atoms with Crippen LogP contribution in [0.1, 0.15) is 22.5 Å². The first kappa shape index (κ1) is 13.2. The number of piperidine rings is 1. The summed E-state index contributed by atoms with van der Waals surface area (Å²) in [6.45, 7) is 4.67. The molecule has 0 atom stereocenters.